The highest BCUT2D eigenvalue weighted by Crippen LogP contribution is 2.39. The number of carbonyl (C=O) groups excluding carboxylic acids is 2. The predicted molar refractivity (Wildman–Crippen MR) is 146 cm³/mol. The summed E-state index contributed by atoms with van der Waals surface area (Å²) in [5, 5.41) is 5.59. The van der Waals surface area contributed by atoms with Gasteiger partial charge in [0, 0.05) is 9.26 Å². The van der Waals surface area contributed by atoms with Crippen LogP contribution >= 0.6 is 22.6 Å². The molecule has 0 radical (unpaired) electrons. The second-order valence-corrected chi connectivity index (χ2v) is 11.8. The van der Waals surface area contributed by atoms with E-state index in [0.717, 1.165) is 19.0 Å². The molecule has 4 rings (SSSR count). The van der Waals surface area contributed by atoms with Crippen LogP contribution in [0.25, 0.3) is 0 Å². The summed E-state index contributed by atoms with van der Waals surface area (Å²) in [5.74, 6) is -1.00. The first-order valence-corrected chi connectivity index (χ1v) is 13.6. The molecule has 0 bridgehead atoms. The number of halogens is 1. The van der Waals surface area contributed by atoms with Gasteiger partial charge in [-0.1, -0.05) is 29.8 Å². The summed E-state index contributed by atoms with van der Waals surface area (Å²) in [6.45, 7) is 7.26. The monoisotopic (exact) mass is 603 g/mol. The first-order valence-electron chi connectivity index (χ1n) is 11.1. The lowest BCUT2D eigenvalue weighted by Crippen LogP contribution is -2.52. The zero-order valence-corrected chi connectivity index (χ0v) is 22.8. The Kier molecular flexibility index (Phi) is 6.92. The molecular formula is C26H26IN3O4S. The molecule has 1 atom stereocenters. The molecule has 182 valence electrons. The van der Waals surface area contributed by atoms with Crippen molar-refractivity contribution in [1.29, 1.82) is 0 Å². The van der Waals surface area contributed by atoms with Gasteiger partial charge in [-0.2, -0.15) is 0 Å². The molecule has 1 heterocycles. The van der Waals surface area contributed by atoms with Crippen LogP contribution in [0.2, 0.25) is 0 Å². The molecule has 1 unspecified atom stereocenters. The molecule has 1 aliphatic rings. The fourth-order valence-electron chi connectivity index (χ4n) is 4.55. The number of hydrogen-bond donors (Lipinski definition) is 2. The van der Waals surface area contributed by atoms with Crippen molar-refractivity contribution >= 4 is 61.5 Å². The van der Waals surface area contributed by atoms with Crippen LogP contribution in [-0.2, 0) is 19.6 Å². The Hall–Kier alpha value is -2.92. The molecule has 9 heteroatoms. The molecule has 0 fully saturated rings. The molecule has 0 saturated heterocycles. The van der Waals surface area contributed by atoms with Crippen LogP contribution in [0.4, 0.5) is 17.1 Å². The highest BCUT2D eigenvalue weighted by Gasteiger charge is 2.43. The largest absolute Gasteiger partial charge is 0.326 e. The molecule has 35 heavy (non-hydrogen) atoms. The molecule has 0 aromatic heterocycles. The van der Waals surface area contributed by atoms with Gasteiger partial charge in [-0.3, -0.25) is 13.9 Å². The Morgan fingerprint density at radius 3 is 2.31 bits per heavy atom. The number of fused-ring (bicyclic) bond motifs is 1. The SMILES string of the molecule is Cc1cc(C)c(S(=O)(=O)N2c3ccccc3NC(=O)C2CC(=O)Nc2ccc(I)cc2C)c(C)c1. The maximum atomic E-state index is 14.1. The Labute approximate surface area is 219 Å². The van der Waals surface area contributed by atoms with Crippen molar-refractivity contribution in [2.24, 2.45) is 0 Å². The molecule has 2 amide bonds. The van der Waals surface area contributed by atoms with Gasteiger partial charge < -0.3 is 10.6 Å². The molecule has 0 aliphatic carbocycles. The first-order chi connectivity index (χ1) is 16.5. The fourth-order valence-corrected chi connectivity index (χ4v) is 7.25. The summed E-state index contributed by atoms with van der Waals surface area (Å²) in [6.07, 6.45) is -0.339. The number of aryl methyl sites for hydroxylation is 4. The molecule has 0 spiro atoms. The lowest BCUT2D eigenvalue weighted by Gasteiger charge is -2.37. The second-order valence-electron chi connectivity index (χ2n) is 8.76. The Bertz CT molecular complexity index is 1430. The van der Waals surface area contributed by atoms with Gasteiger partial charge in [0.1, 0.15) is 6.04 Å². The smallest absolute Gasteiger partial charge is 0.265 e. The number of para-hydroxylation sites is 2. The van der Waals surface area contributed by atoms with Crippen molar-refractivity contribution < 1.29 is 18.0 Å². The van der Waals surface area contributed by atoms with Crippen molar-refractivity contribution in [1.82, 2.24) is 0 Å². The van der Waals surface area contributed by atoms with Crippen LogP contribution in [0.5, 0.6) is 0 Å². The average Bonchev–Trinajstić information content (AvgIpc) is 2.75. The van der Waals surface area contributed by atoms with Gasteiger partial charge in [0.15, 0.2) is 0 Å². The summed E-state index contributed by atoms with van der Waals surface area (Å²) >= 11 is 2.19. The van der Waals surface area contributed by atoms with Crippen LogP contribution in [0.15, 0.2) is 59.5 Å². The average molecular weight is 603 g/mol. The number of amides is 2. The topological polar surface area (TPSA) is 95.6 Å². The zero-order valence-electron chi connectivity index (χ0n) is 19.8. The minimum absolute atomic E-state index is 0.145. The number of anilines is 3. The van der Waals surface area contributed by atoms with Gasteiger partial charge in [-0.05, 0) is 97.3 Å². The molecule has 3 aromatic carbocycles. The van der Waals surface area contributed by atoms with Gasteiger partial charge in [0.25, 0.3) is 10.0 Å². The van der Waals surface area contributed by atoms with Gasteiger partial charge in [0.2, 0.25) is 11.8 Å². The maximum absolute atomic E-state index is 14.1. The zero-order chi connectivity index (χ0) is 25.5. The van der Waals surface area contributed by atoms with Crippen LogP contribution in [-0.4, -0.2) is 26.3 Å². The van der Waals surface area contributed by atoms with E-state index in [1.165, 1.54) is 0 Å². The van der Waals surface area contributed by atoms with Gasteiger partial charge in [0.05, 0.1) is 22.7 Å². The second kappa shape index (κ2) is 9.62. The van der Waals surface area contributed by atoms with E-state index in [-0.39, 0.29) is 11.3 Å². The van der Waals surface area contributed by atoms with E-state index < -0.39 is 27.9 Å². The maximum Gasteiger partial charge on any atom is 0.265 e. The summed E-state index contributed by atoms with van der Waals surface area (Å²) < 4.78 is 30.3. The number of hydrogen-bond acceptors (Lipinski definition) is 4. The number of carbonyl (C=O) groups is 2. The molecule has 0 saturated carbocycles. The molecule has 3 aromatic rings. The van der Waals surface area contributed by atoms with Gasteiger partial charge in [-0.15, -0.1) is 0 Å². The summed E-state index contributed by atoms with van der Waals surface area (Å²) in [7, 11) is -4.18. The number of rotatable bonds is 5. The number of nitrogens with zero attached hydrogens (tertiary/aromatic N) is 1. The Morgan fingerprint density at radius 1 is 1.00 bits per heavy atom. The van der Waals surface area contributed by atoms with E-state index in [4.69, 9.17) is 0 Å². The van der Waals surface area contributed by atoms with E-state index in [1.807, 2.05) is 26.0 Å². The van der Waals surface area contributed by atoms with Gasteiger partial charge >= 0.3 is 0 Å². The highest BCUT2D eigenvalue weighted by molar-refractivity contribution is 14.1. The molecule has 1 aliphatic heterocycles. The lowest BCUT2D eigenvalue weighted by molar-refractivity contribution is -0.122. The van der Waals surface area contributed by atoms with Crippen LogP contribution < -0.4 is 14.9 Å². The van der Waals surface area contributed by atoms with Crippen molar-refractivity contribution in [3.63, 3.8) is 0 Å². The fraction of sp³-hybridized carbons (Fsp3) is 0.231. The van der Waals surface area contributed by atoms with Gasteiger partial charge in [-0.25, -0.2) is 8.42 Å². The van der Waals surface area contributed by atoms with Crippen molar-refractivity contribution in [2.45, 2.75) is 45.1 Å². The number of nitrogens with one attached hydrogen (secondary N) is 2. The van der Waals surface area contributed by atoms with E-state index in [2.05, 4.69) is 33.2 Å². The van der Waals surface area contributed by atoms with Crippen LogP contribution in [0.3, 0.4) is 0 Å². The summed E-state index contributed by atoms with van der Waals surface area (Å²) in [6, 6.07) is 14.7. The van der Waals surface area contributed by atoms with E-state index in [1.54, 1.807) is 56.3 Å². The third kappa shape index (κ3) is 4.92. The lowest BCUT2D eigenvalue weighted by atomic mass is 10.1. The molecular weight excluding hydrogens is 577 g/mol. The van der Waals surface area contributed by atoms with E-state index >= 15 is 0 Å². The van der Waals surface area contributed by atoms with Crippen molar-refractivity contribution in [3.8, 4) is 0 Å². The summed E-state index contributed by atoms with van der Waals surface area (Å²) in [5.41, 5.74) is 4.32. The third-order valence-electron chi connectivity index (χ3n) is 5.95. The predicted octanol–water partition coefficient (Wildman–Crippen LogP) is 5.07. The van der Waals surface area contributed by atoms with E-state index in [9.17, 15) is 18.0 Å². The standard InChI is InChI=1S/C26H26IN3O4S/c1-15-11-17(3)25(18(4)12-15)35(33,34)30-22-8-6-5-7-21(22)29-26(32)23(30)14-24(31)28-20-10-9-19(27)13-16(20)2/h5-13,23H,14H2,1-4H3,(H,28,31)(H,29,32). The normalized spacial score (nSPS) is 15.4. The Morgan fingerprint density at radius 2 is 1.66 bits per heavy atom. The minimum atomic E-state index is -4.18. The highest BCUT2D eigenvalue weighted by atomic mass is 127. The third-order valence-corrected chi connectivity index (χ3v) is 8.75. The number of benzene rings is 3. The minimum Gasteiger partial charge on any atom is -0.326 e. The van der Waals surface area contributed by atoms with Crippen LogP contribution in [0.1, 0.15) is 28.7 Å². The van der Waals surface area contributed by atoms with Crippen molar-refractivity contribution in [2.75, 3.05) is 14.9 Å². The van der Waals surface area contributed by atoms with Crippen molar-refractivity contribution in [3.05, 3.63) is 80.4 Å². The van der Waals surface area contributed by atoms with E-state index in [0.29, 0.717) is 28.2 Å². The molecule has 7 nitrogen and oxygen atoms in total. The van der Waals surface area contributed by atoms with Crippen LogP contribution in [0, 0.1) is 31.3 Å². The Balaban J connectivity index is 1.77. The quantitative estimate of drug-likeness (QED) is 0.399. The summed E-state index contributed by atoms with van der Waals surface area (Å²) in [4.78, 5) is 26.4. The first kappa shape index (κ1) is 25.2. The number of sulfonamides is 1. The molecule has 2 N–H and O–H groups in total.